The number of carbonyl (C=O) groups is 2. The Bertz CT molecular complexity index is 511. The average molecular weight is 277 g/mol. The minimum atomic E-state index is -0.881. The van der Waals surface area contributed by atoms with E-state index in [-0.39, 0.29) is 17.9 Å². The summed E-state index contributed by atoms with van der Waals surface area (Å²) in [6, 6.07) is 7.43. The van der Waals surface area contributed by atoms with Gasteiger partial charge in [0.15, 0.2) is 0 Å². The molecule has 0 spiro atoms. The van der Waals surface area contributed by atoms with Crippen molar-refractivity contribution in [3.8, 4) is 5.75 Å². The molecule has 1 aromatic carbocycles. The molecule has 0 aromatic heterocycles. The molecular weight excluding hydrogens is 258 g/mol. The maximum absolute atomic E-state index is 12.2. The Morgan fingerprint density at radius 1 is 1.30 bits per heavy atom. The fraction of sp³-hybridized carbons (Fsp3) is 0.467. The van der Waals surface area contributed by atoms with Gasteiger partial charge in [-0.05, 0) is 31.0 Å². The highest BCUT2D eigenvalue weighted by Crippen LogP contribution is 2.41. The summed E-state index contributed by atoms with van der Waals surface area (Å²) < 4.78 is 5.10. The molecule has 3 atom stereocenters. The van der Waals surface area contributed by atoms with E-state index < -0.39 is 11.9 Å². The Balaban J connectivity index is 2.02. The van der Waals surface area contributed by atoms with Crippen LogP contribution in [0.1, 0.15) is 24.9 Å². The van der Waals surface area contributed by atoms with Crippen LogP contribution < -0.4 is 4.74 Å². The first-order chi connectivity index (χ1) is 9.45. The largest absolute Gasteiger partial charge is 0.497 e. The van der Waals surface area contributed by atoms with Crippen LogP contribution in [-0.4, -0.2) is 36.0 Å². The van der Waals surface area contributed by atoms with E-state index in [0.29, 0.717) is 6.42 Å². The molecule has 1 N–H and O–H groups in total. The molecule has 0 radical (unpaired) electrons. The topological polar surface area (TPSA) is 66.8 Å². The van der Waals surface area contributed by atoms with Crippen molar-refractivity contribution in [1.29, 1.82) is 0 Å². The minimum absolute atomic E-state index is 0.0940. The Kier molecular flexibility index (Phi) is 3.97. The Labute approximate surface area is 118 Å². The zero-order valence-electron chi connectivity index (χ0n) is 11.9. The lowest BCUT2D eigenvalue weighted by molar-refractivity contribution is -0.142. The Morgan fingerprint density at radius 3 is 2.35 bits per heavy atom. The molecule has 0 bridgehead atoms. The number of carboxylic acids is 1. The monoisotopic (exact) mass is 277 g/mol. The van der Waals surface area contributed by atoms with Crippen LogP contribution in [0.15, 0.2) is 24.3 Å². The summed E-state index contributed by atoms with van der Waals surface area (Å²) in [5, 5.41) is 8.88. The van der Waals surface area contributed by atoms with E-state index >= 15 is 0 Å². The number of hydrogen-bond acceptors (Lipinski definition) is 3. The predicted octanol–water partition coefficient (Wildman–Crippen LogP) is 1.94. The van der Waals surface area contributed by atoms with Gasteiger partial charge in [-0.25, -0.2) is 0 Å². The van der Waals surface area contributed by atoms with Crippen molar-refractivity contribution >= 4 is 11.9 Å². The van der Waals surface area contributed by atoms with E-state index in [2.05, 4.69) is 0 Å². The second-order valence-corrected chi connectivity index (χ2v) is 5.19. The van der Waals surface area contributed by atoms with E-state index in [1.54, 1.807) is 19.1 Å². The lowest BCUT2D eigenvalue weighted by Crippen LogP contribution is -2.31. The van der Waals surface area contributed by atoms with E-state index in [4.69, 9.17) is 9.84 Å². The van der Waals surface area contributed by atoms with Gasteiger partial charge in [0.05, 0.1) is 25.0 Å². The molecule has 0 aliphatic heterocycles. The molecule has 2 rings (SSSR count). The van der Waals surface area contributed by atoms with Gasteiger partial charge in [-0.15, -0.1) is 0 Å². The van der Waals surface area contributed by atoms with Gasteiger partial charge in [-0.1, -0.05) is 12.1 Å². The Morgan fingerprint density at radius 2 is 1.90 bits per heavy atom. The number of ether oxygens (including phenoxy) is 1. The van der Waals surface area contributed by atoms with E-state index in [1.165, 1.54) is 0 Å². The summed E-state index contributed by atoms with van der Waals surface area (Å²) in [6.45, 7) is 1.93. The molecule has 5 heteroatoms. The molecule has 3 unspecified atom stereocenters. The second kappa shape index (κ2) is 5.53. The minimum Gasteiger partial charge on any atom is -0.497 e. The lowest BCUT2D eigenvalue weighted by Gasteiger charge is -2.25. The molecule has 5 nitrogen and oxygen atoms in total. The third-order valence-electron chi connectivity index (χ3n) is 3.95. The van der Waals surface area contributed by atoms with Crippen molar-refractivity contribution in [1.82, 2.24) is 4.90 Å². The summed E-state index contributed by atoms with van der Waals surface area (Å²) in [4.78, 5) is 24.6. The third-order valence-corrected chi connectivity index (χ3v) is 3.95. The zero-order valence-corrected chi connectivity index (χ0v) is 11.9. The van der Waals surface area contributed by atoms with Crippen LogP contribution in [-0.2, 0) is 9.59 Å². The molecular formula is C15H19NO4. The van der Waals surface area contributed by atoms with Crippen molar-refractivity contribution in [2.75, 3.05) is 14.2 Å². The van der Waals surface area contributed by atoms with Crippen molar-refractivity contribution in [3.63, 3.8) is 0 Å². The van der Waals surface area contributed by atoms with Crippen molar-refractivity contribution in [2.45, 2.75) is 19.4 Å². The van der Waals surface area contributed by atoms with Crippen LogP contribution in [0.5, 0.6) is 5.75 Å². The highest BCUT2D eigenvalue weighted by Gasteiger charge is 2.49. The zero-order chi connectivity index (χ0) is 14.9. The highest BCUT2D eigenvalue weighted by atomic mass is 16.5. The molecule has 1 aliphatic rings. The van der Waals surface area contributed by atoms with E-state index in [9.17, 15) is 9.59 Å². The van der Waals surface area contributed by atoms with Gasteiger partial charge in [-0.3, -0.25) is 9.59 Å². The average Bonchev–Trinajstić information content (AvgIpc) is 3.25. The first kappa shape index (κ1) is 14.4. The molecule has 1 fully saturated rings. The van der Waals surface area contributed by atoms with Crippen LogP contribution >= 0.6 is 0 Å². The number of amides is 1. The number of carbonyl (C=O) groups excluding carboxylic acids is 1. The molecule has 1 aliphatic carbocycles. The van der Waals surface area contributed by atoms with E-state index in [0.717, 1.165) is 11.3 Å². The molecule has 1 amide bonds. The SMILES string of the molecule is COc1ccc(C(C)N(C)C(=O)C2CC2C(=O)O)cc1. The number of benzene rings is 1. The standard InChI is InChI=1S/C15H19NO4/c1-9(10-4-6-11(20-3)7-5-10)16(2)14(17)12-8-13(12)15(18)19/h4-7,9,12-13H,8H2,1-3H3,(H,18,19). The van der Waals surface area contributed by atoms with Crippen LogP contribution in [0, 0.1) is 11.8 Å². The third kappa shape index (κ3) is 2.76. The first-order valence-corrected chi connectivity index (χ1v) is 6.59. The molecule has 108 valence electrons. The quantitative estimate of drug-likeness (QED) is 0.893. The molecule has 20 heavy (non-hydrogen) atoms. The van der Waals surface area contributed by atoms with Gasteiger partial charge in [0.25, 0.3) is 0 Å². The number of nitrogens with zero attached hydrogens (tertiary/aromatic N) is 1. The smallest absolute Gasteiger partial charge is 0.307 e. The van der Waals surface area contributed by atoms with Crippen LogP contribution in [0.25, 0.3) is 0 Å². The summed E-state index contributed by atoms with van der Waals surface area (Å²) in [5.74, 6) is -1.08. The molecule has 1 aromatic rings. The van der Waals surface area contributed by atoms with Gasteiger partial charge < -0.3 is 14.7 Å². The summed E-state index contributed by atoms with van der Waals surface area (Å²) >= 11 is 0. The number of aliphatic carboxylic acids is 1. The number of carboxylic acid groups (broad SMARTS) is 1. The molecule has 0 saturated heterocycles. The van der Waals surface area contributed by atoms with Gasteiger partial charge in [0.1, 0.15) is 5.75 Å². The van der Waals surface area contributed by atoms with Gasteiger partial charge in [0.2, 0.25) is 5.91 Å². The lowest BCUT2D eigenvalue weighted by atomic mass is 10.1. The van der Waals surface area contributed by atoms with Crippen molar-refractivity contribution in [3.05, 3.63) is 29.8 Å². The second-order valence-electron chi connectivity index (χ2n) is 5.19. The first-order valence-electron chi connectivity index (χ1n) is 6.59. The van der Waals surface area contributed by atoms with Crippen molar-refractivity contribution < 1.29 is 19.4 Å². The highest BCUT2D eigenvalue weighted by molar-refractivity contribution is 5.89. The van der Waals surface area contributed by atoms with Gasteiger partial charge in [-0.2, -0.15) is 0 Å². The number of hydrogen-bond donors (Lipinski definition) is 1. The predicted molar refractivity (Wildman–Crippen MR) is 73.4 cm³/mol. The Hall–Kier alpha value is -2.04. The number of methoxy groups -OCH3 is 1. The fourth-order valence-electron chi connectivity index (χ4n) is 2.30. The molecule has 0 heterocycles. The van der Waals surface area contributed by atoms with Gasteiger partial charge >= 0.3 is 5.97 Å². The van der Waals surface area contributed by atoms with Crippen LogP contribution in [0.2, 0.25) is 0 Å². The van der Waals surface area contributed by atoms with E-state index in [1.807, 2.05) is 31.2 Å². The van der Waals surface area contributed by atoms with Gasteiger partial charge in [0, 0.05) is 7.05 Å². The molecule has 1 saturated carbocycles. The van der Waals surface area contributed by atoms with Crippen molar-refractivity contribution in [2.24, 2.45) is 11.8 Å². The summed E-state index contributed by atoms with van der Waals surface area (Å²) in [5.41, 5.74) is 0.995. The summed E-state index contributed by atoms with van der Waals surface area (Å²) in [7, 11) is 3.32. The van der Waals surface area contributed by atoms with Crippen LogP contribution in [0.4, 0.5) is 0 Å². The van der Waals surface area contributed by atoms with Crippen LogP contribution in [0.3, 0.4) is 0 Å². The maximum atomic E-state index is 12.2. The fourth-order valence-corrected chi connectivity index (χ4v) is 2.30. The normalized spacial score (nSPS) is 21.9. The maximum Gasteiger partial charge on any atom is 0.307 e. The number of rotatable bonds is 5. The summed E-state index contributed by atoms with van der Waals surface area (Å²) in [6.07, 6.45) is 0.452.